The zero-order chi connectivity index (χ0) is 12.2. The minimum atomic E-state index is -0.632. The highest BCUT2D eigenvalue weighted by Crippen LogP contribution is 2.43. The first-order valence-electron chi connectivity index (χ1n) is 5.38. The number of hydrogen-bond acceptors (Lipinski definition) is 3. The van der Waals surface area contributed by atoms with Crippen LogP contribution in [0.2, 0.25) is 0 Å². The summed E-state index contributed by atoms with van der Waals surface area (Å²) in [5.41, 5.74) is 0.833. The highest BCUT2D eigenvalue weighted by molar-refractivity contribution is 5.24. The van der Waals surface area contributed by atoms with Crippen molar-refractivity contribution < 1.29 is 4.42 Å². The lowest BCUT2D eigenvalue weighted by atomic mass is 9.68. The Hall–Kier alpha value is -1.74. The van der Waals surface area contributed by atoms with Crippen LogP contribution in [0.4, 0.5) is 0 Å². The van der Waals surface area contributed by atoms with Crippen LogP contribution in [-0.4, -0.2) is 0 Å². The Labute approximate surface area is 96.3 Å². The number of furan rings is 1. The highest BCUT2D eigenvalue weighted by atomic mass is 16.3. The summed E-state index contributed by atoms with van der Waals surface area (Å²) in [5, 5.41) is 18.1. The maximum absolute atomic E-state index is 9.05. The highest BCUT2D eigenvalue weighted by Gasteiger charge is 2.36. The van der Waals surface area contributed by atoms with Crippen molar-refractivity contribution in [3.05, 3.63) is 24.2 Å². The molecule has 0 saturated heterocycles. The van der Waals surface area contributed by atoms with E-state index in [4.69, 9.17) is 14.9 Å². The smallest absolute Gasteiger partial charge is 0.140 e. The summed E-state index contributed by atoms with van der Waals surface area (Å²) in [6.45, 7) is 6.22. The van der Waals surface area contributed by atoms with Gasteiger partial charge < -0.3 is 4.42 Å². The third-order valence-electron chi connectivity index (χ3n) is 3.27. The fourth-order valence-electron chi connectivity index (χ4n) is 1.94. The Morgan fingerprint density at radius 1 is 1.38 bits per heavy atom. The molecular weight excluding hydrogens is 200 g/mol. The van der Waals surface area contributed by atoms with E-state index in [2.05, 4.69) is 32.9 Å². The molecule has 0 spiro atoms. The Bertz CT molecular complexity index is 392. The normalized spacial score (nSPS) is 13.1. The van der Waals surface area contributed by atoms with Crippen LogP contribution in [0.15, 0.2) is 23.0 Å². The summed E-state index contributed by atoms with van der Waals surface area (Å²) < 4.78 is 5.06. The second kappa shape index (κ2) is 4.86. The Balaban J connectivity index is 3.16. The van der Waals surface area contributed by atoms with Gasteiger partial charge in [0, 0.05) is 5.92 Å². The second-order valence-electron chi connectivity index (χ2n) is 4.61. The van der Waals surface area contributed by atoms with Crippen LogP contribution >= 0.6 is 0 Å². The molecule has 3 heteroatoms. The summed E-state index contributed by atoms with van der Waals surface area (Å²) in [6, 6.07) is 5.99. The van der Waals surface area contributed by atoms with Gasteiger partial charge in [-0.1, -0.05) is 27.2 Å². The molecule has 1 aromatic rings. The van der Waals surface area contributed by atoms with E-state index in [1.807, 2.05) is 6.07 Å². The predicted octanol–water partition coefficient (Wildman–Crippen LogP) is 3.46. The number of nitriles is 2. The van der Waals surface area contributed by atoms with Crippen molar-refractivity contribution in [2.75, 3.05) is 0 Å². The van der Waals surface area contributed by atoms with Crippen LogP contribution in [-0.2, 0) is 0 Å². The third kappa shape index (κ3) is 2.25. The van der Waals surface area contributed by atoms with Crippen molar-refractivity contribution in [3.8, 4) is 12.1 Å². The van der Waals surface area contributed by atoms with Crippen molar-refractivity contribution >= 4 is 0 Å². The molecule has 3 nitrogen and oxygen atoms in total. The zero-order valence-corrected chi connectivity index (χ0v) is 9.90. The van der Waals surface area contributed by atoms with Crippen molar-refractivity contribution in [2.45, 2.75) is 33.1 Å². The summed E-state index contributed by atoms with van der Waals surface area (Å²) in [4.78, 5) is 0. The predicted molar refractivity (Wildman–Crippen MR) is 60.2 cm³/mol. The van der Waals surface area contributed by atoms with Crippen molar-refractivity contribution in [3.63, 3.8) is 0 Å². The molecule has 0 saturated carbocycles. The Kier molecular flexibility index (Phi) is 3.74. The fraction of sp³-hybridized carbons (Fsp3) is 0.538. The number of rotatable bonds is 4. The lowest BCUT2D eigenvalue weighted by Crippen LogP contribution is -2.26. The molecule has 1 unspecified atom stereocenters. The Morgan fingerprint density at radius 2 is 2.00 bits per heavy atom. The quantitative estimate of drug-likeness (QED) is 0.774. The molecule has 84 valence electrons. The van der Waals surface area contributed by atoms with E-state index < -0.39 is 5.92 Å². The van der Waals surface area contributed by atoms with Gasteiger partial charge in [-0.25, -0.2) is 0 Å². The summed E-state index contributed by atoms with van der Waals surface area (Å²) in [7, 11) is 0. The van der Waals surface area contributed by atoms with E-state index in [0.717, 1.165) is 12.0 Å². The molecule has 0 aliphatic carbocycles. The first kappa shape index (κ1) is 12.3. The molecule has 16 heavy (non-hydrogen) atoms. The average Bonchev–Trinajstić information content (AvgIpc) is 2.78. The van der Waals surface area contributed by atoms with Gasteiger partial charge in [0.25, 0.3) is 0 Å². The van der Waals surface area contributed by atoms with Crippen LogP contribution in [0.5, 0.6) is 0 Å². The molecule has 0 radical (unpaired) electrons. The van der Waals surface area contributed by atoms with Crippen LogP contribution in [0.25, 0.3) is 0 Å². The first-order chi connectivity index (χ1) is 7.56. The van der Waals surface area contributed by atoms with Gasteiger partial charge in [0.1, 0.15) is 5.92 Å². The van der Waals surface area contributed by atoms with Crippen molar-refractivity contribution in [1.29, 1.82) is 10.5 Å². The van der Waals surface area contributed by atoms with Gasteiger partial charge in [-0.05, 0) is 17.0 Å². The first-order valence-corrected chi connectivity index (χ1v) is 5.38. The lowest BCUT2D eigenvalue weighted by molar-refractivity contribution is 0.250. The van der Waals surface area contributed by atoms with E-state index in [0.29, 0.717) is 0 Å². The molecule has 1 heterocycles. The lowest BCUT2D eigenvalue weighted by Gasteiger charge is -2.33. The molecule has 1 aromatic heterocycles. The minimum absolute atomic E-state index is 0.0972. The second-order valence-corrected chi connectivity index (χ2v) is 4.61. The SMILES string of the molecule is CCC(C)(C)C(c1ccoc1)C(C#N)C#N. The largest absolute Gasteiger partial charge is 0.472 e. The molecule has 0 amide bonds. The zero-order valence-electron chi connectivity index (χ0n) is 9.90. The molecule has 0 aromatic carbocycles. The van der Waals surface area contributed by atoms with Gasteiger partial charge in [-0.15, -0.1) is 0 Å². The minimum Gasteiger partial charge on any atom is -0.472 e. The topological polar surface area (TPSA) is 60.7 Å². The van der Waals surface area contributed by atoms with E-state index >= 15 is 0 Å². The van der Waals surface area contributed by atoms with E-state index in [1.54, 1.807) is 12.5 Å². The van der Waals surface area contributed by atoms with Crippen LogP contribution in [0.1, 0.15) is 38.7 Å². The maximum atomic E-state index is 9.05. The molecule has 0 aliphatic rings. The standard InChI is InChI=1S/C13H16N2O/c1-4-13(2,3)12(11(7-14)8-15)10-5-6-16-9-10/h5-6,9,11-12H,4H2,1-3H3. The van der Waals surface area contributed by atoms with E-state index in [1.165, 1.54) is 0 Å². The fourth-order valence-corrected chi connectivity index (χ4v) is 1.94. The summed E-state index contributed by atoms with van der Waals surface area (Å²) in [5.74, 6) is -0.737. The molecule has 1 atom stereocenters. The van der Waals surface area contributed by atoms with Gasteiger partial charge in [0.05, 0.1) is 24.7 Å². The van der Waals surface area contributed by atoms with Crippen LogP contribution < -0.4 is 0 Å². The van der Waals surface area contributed by atoms with Gasteiger partial charge in [0.15, 0.2) is 0 Å². The summed E-state index contributed by atoms with van der Waals surface area (Å²) in [6.07, 6.45) is 4.12. The molecule has 1 rings (SSSR count). The van der Waals surface area contributed by atoms with Crippen molar-refractivity contribution in [1.82, 2.24) is 0 Å². The number of nitrogens with zero attached hydrogens (tertiary/aromatic N) is 2. The van der Waals surface area contributed by atoms with Crippen LogP contribution in [0, 0.1) is 34.0 Å². The van der Waals surface area contributed by atoms with E-state index in [-0.39, 0.29) is 11.3 Å². The van der Waals surface area contributed by atoms with Gasteiger partial charge in [-0.2, -0.15) is 10.5 Å². The van der Waals surface area contributed by atoms with E-state index in [9.17, 15) is 0 Å². The maximum Gasteiger partial charge on any atom is 0.140 e. The molecule has 0 N–H and O–H groups in total. The average molecular weight is 216 g/mol. The molecule has 0 aliphatic heterocycles. The van der Waals surface area contributed by atoms with Gasteiger partial charge >= 0.3 is 0 Å². The Morgan fingerprint density at radius 3 is 2.38 bits per heavy atom. The van der Waals surface area contributed by atoms with Gasteiger partial charge in [-0.3, -0.25) is 0 Å². The summed E-state index contributed by atoms with van der Waals surface area (Å²) >= 11 is 0. The monoisotopic (exact) mass is 216 g/mol. The molecule has 0 bridgehead atoms. The third-order valence-corrected chi connectivity index (χ3v) is 3.27. The molecular formula is C13H16N2O. The molecule has 0 fully saturated rings. The van der Waals surface area contributed by atoms with Crippen molar-refractivity contribution in [2.24, 2.45) is 11.3 Å². The van der Waals surface area contributed by atoms with Gasteiger partial charge in [0.2, 0.25) is 0 Å². The number of hydrogen-bond donors (Lipinski definition) is 0. The van der Waals surface area contributed by atoms with Crippen LogP contribution in [0.3, 0.4) is 0 Å².